The lowest BCUT2D eigenvalue weighted by Crippen LogP contribution is -2.15. The van der Waals surface area contributed by atoms with Gasteiger partial charge in [0.25, 0.3) is 5.91 Å². The lowest BCUT2D eigenvalue weighted by atomic mass is 10.1. The van der Waals surface area contributed by atoms with Crippen molar-refractivity contribution < 1.29 is 23.8 Å². The summed E-state index contributed by atoms with van der Waals surface area (Å²) in [7, 11) is 1.45. The second-order valence-corrected chi connectivity index (χ2v) is 7.36. The average molecular weight is 541 g/mol. The number of esters is 1. The van der Waals surface area contributed by atoms with Crippen molar-refractivity contribution in [1.82, 2.24) is 0 Å². The highest BCUT2D eigenvalue weighted by atomic mass is 127. The normalized spacial score (nSPS) is 10.7. The van der Waals surface area contributed by atoms with Crippen molar-refractivity contribution in [2.75, 3.05) is 25.6 Å². The topological polar surface area (TPSA) is 97.7 Å². The zero-order valence-electron chi connectivity index (χ0n) is 16.2. The second kappa shape index (κ2) is 11.4. The molecule has 2 aromatic carbocycles. The minimum atomic E-state index is -0.559. The van der Waals surface area contributed by atoms with Gasteiger partial charge >= 0.3 is 5.97 Å². The molecule has 0 atom stereocenters. The molecular formula is C21H18ClIN2O5. The van der Waals surface area contributed by atoms with Gasteiger partial charge in [-0.1, -0.05) is 11.6 Å². The molecule has 0 spiro atoms. The molecule has 7 nitrogen and oxygen atoms in total. The SMILES string of the molecule is CCOC(=O)COc1c(I)cc(/C=C(/C#N)C(=O)Nc2ccc(Cl)cc2)cc1OC. The van der Waals surface area contributed by atoms with Crippen LogP contribution in [0.2, 0.25) is 5.02 Å². The predicted molar refractivity (Wildman–Crippen MR) is 122 cm³/mol. The number of ether oxygens (including phenoxy) is 3. The zero-order valence-corrected chi connectivity index (χ0v) is 19.1. The summed E-state index contributed by atoms with van der Waals surface area (Å²) in [5.41, 5.74) is 0.978. The maximum absolute atomic E-state index is 12.4. The molecule has 0 aliphatic carbocycles. The van der Waals surface area contributed by atoms with E-state index in [0.29, 0.717) is 31.3 Å². The van der Waals surface area contributed by atoms with E-state index in [4.69, 9.17) is 25.8 Å². The third kappa shape index (κ3) is 6.64. The first-order chi connectivity index (χ1) is 14.4. The molecule has 2 rings (SSSR count). The number of methoxy groups -OCH3 is 1. The monoisotopic (exact) mass is 540 g/mol. The number of nitrogens with zero attached hydrogens (tertiary/aromatic N) is 1. The van der Waals surface area contributed by atoms with Gasteiger partial charge in [-0.3, -0.25) is 4.79 Å². The Morgan fingerprint density at radius 2 is 1.97 bits per heavy atom. The van der Waals surface area contributed by atoms with Crippen molar-refractivity contribution in [3.8, 4) is 17.6 Å². The van der Waals surface area contributed by atoms with Crippen LogP contribution < -0.4 is 14.8 Å². The molecule has 30 heavy (non-hydrogen) atoms. The summed E-state index contributed by atoms with van der Waals surface area (Å²) in [4.78, 5) is 24.0. The number of hydrogen-bond donors (Lipinski definition) is 1. The van der Waals surface area contributed by atoms with Gasteiger partial charge < -0.3 is 19.5 Å². The number of amides is 1. The van der Waals surface area contributed by atoms with E-state index < -0.39 is 11.9 Å². The van der Waals surface area contributed by atoms with Gasteiger partial charge in [0.05, 0.1) is 17.3 Å². The van der Waals surface area contributed by atoms with Crippen molar-refractivity contribution in [1.29, 1.82) is 5.26 Å². The molecule has 0 saturated carbocycles. The van der Waals surface area contributed by atoms with E-state index in [-0.39, 0.29) is 18.8 Å². The van der Waals surface area contributed by atoms with Gasteiger partial charge in [-0.05, 0) is 77.6 Å². The predicted octanol–water partition coefficient (Wildman–Crippen LogP) is 4.44. The number of halogens is 2. The molecule has 156 valence electrons. The maximum Gasteiger partial charge on any atom is 0.344 e. The standard InChI is InChI=1S/C21H18ClIN2O5/c1-3-29-19(26)12-30-20-17(23)9-13(10-18(20)28-2)8-14(11-24)21(27)25-16-6-4-15(22)5-7-16/h4-10H,3,12H2,1-2H3,(H,25,27)/b14-8-. The van der Waals surface area contributed by atoms with E-state index in [0.717, 1.165) is 0 Å². The van der Waals surface area contributed by atoms with E-state index in [1.165, 1.54) is 13.2 Å². The molecule has 0 heterocycles. The lowest BCUT2D eigenvalue weighted by molar-refractivity contribution is -0.145. The first-order valence-corrected chi connectivity index (χ1v) is 10.2. The van der Waals surface area contributed by atoms with Crippen molar-refractivity contribution in [2.45, 2.75) is 6.92 Å². The summed E-state index contributed by atoms with van der Waals surface area (Å²) in [6.07, 6.45) is 1.44. The Bertz CT molecular complexity index is 1000. The molecule has 0 fully saturated rings. The van der Waals surface area contributed by atoms with Crippen molar-refractivity contribution >= 4 is 57.8 Å². The number of benzene rings is 2. The summed E-state index contributed by atoms with van der Waals surface area (Å²) in [5, 5.41) is 12.6. The third-order valence-electron chi connectivity index (χ3n) is 3.67. The van der Waals surface area contributed by atoms with Crippen LogP contribution in [0.5, 0.6) is 11.5 Å². The fraction of sp³-hybridized carbons (Fsp3) is 0.190. The van der Waals surface area contributed by atoms with Crippen LogP contribution >= 0.6 is 34.2 Å². The van der Waals surface area contributed by atoms with Crippen LogP contribution in [-0.4, -0.2) is 32.2 Å². The van der Waals surface area contributed by atoms with E-state index in [2.05, 4.69) is 5.32 Å². The minimum Gasteiger partial charge on any atom is -0.493 e. The molecule has 0 aromatic heterocycles. The summed E-state index contributed by atoms with van der Waals surface area (Å²) >= 11 is 7.85. The molecule has 0 bridgehead atoms. The molecule has 2 aromatic rings. The van der Waals surface area contributed by atoms with Gasteiger partial charge in [-0.25, -0.2) is 4.79 Å². The Labute approximate surface area is 192 Å². The van der Waals surface area contributed by atoms with Crippen molar-refractivity contribution in [3.05, 3.63) is 56.1 Å². The molecular weight excluding hydrogens is 523 g/mol. The van der Waals surface area contributed by atoms with Crippen LogP contribution in [0.1, 0.15) is 12.5 Å². The third-order valence-corrected chi connectivity index (χ3v) is 4.72. The molecule has 0 unspecified atom stereocenters. The molecule has 0 aliphatic heterocycles. The number of hydrogen-bond acceptors (Lipinski definition) is 6. The van der Waals surface area contributed by atoms with Crippen LogP contribution in [0, 0.1) is 14.9 Å². The van der Waals surface area contributed by atoms with Gasteiger partial charge in [0.1, 0.15) is 11.6 Å². The van der Waals surface area contributed by atoms with Gasteiger partial charge in [0.15, 0.2) is 18.1 Å². The fourth-order valence-corrected chi connectivity index (χ4v) is 3.25. The Kier molecular flexibility index (Phi) is 8.95. The summed E-state index contributed by atoms with van der Waals surface area (Å²) < 4.78 is 16.3. The first kappa shape index (κ1) is 23.5. The fourth-order valence-electron chi connectivity index (χ4n) is 2.34. The number of nitriles is 1. The van der Waals surface area contributed by atoms with E-state index in [1.807, 2.05) is 28.7 Å². The molecule has 0 radical (unpaired) electrons. The van der Waals surface area contributed by atoms with Crippen LogP contribution in [0.3, 0.4) is 0 Å². The van der Waals surface area contributed by atoms with Gasteiger partial charge in [-0.15, -0.1) is 0 Å². The minimum absolute atomic E-state index is 0.0944. The number of rotatable bonds is 8. The van der Waals surface area contributed by atoms with Crippen LogP contribution in [0.25, 0.3) is 6.08 Å². The molecule has 0 aliphatic rings. The summed E-state index contributed by atoms with van der Waals surface area (Å²) in [5.74, 6) is -0.332. The number of nitrogens with one attached hydrogen (secondary N) is 1. The average Bonchev–Trinajstić information content (AvgIpc) is 2.72. The zero-order chi connectivity index (χ0) is 22.1. The summed E-state index contributed by atoms with van der Waals surface area (Å²) in [6.45, 7) is 1.71. The van der Waals surface area contributed by atoms with Gasteiger partial charge in [0.2, 0.25) is 0 Å². The van der Waals surface area contributed by atoms with Crippen molar-refractivity contribution in [2.24, 2.45) is 0 Å². The summed E-state index contributed by atoms with van der Waals surface area (Å²) in [6, 6.07) is 11.7. The van der Waals surface area contributed by atoms with E-state index in [1.54, 1.807) is 43.3 Å². The van der Waals surface area contributed by atoms with E-state index in [9.17, 15) is 14.9 Å². The lowest BCUT2D eigenvalue weighted by Gasteiger charge is -2.13. The van der Waals surface area contributed by atoms with Crippen molar-refractivity contribution in [3.63, 3.8) is 0 Å². The maximum atomic E-state index is 12.4. The Morgan fingerprint density at radius 3 is 2.57 bits per heavy atom. The van der Waals surface area contributed by atoms with Crippen LogP contribution in [0.4, 0.5) is 5.69 Å². The number of carbonyl (C=O) groups is 2. The number of anilines is 1. The highest BCUT2D eigenvalue weighted by Crippen LogP contribution is 2.34. The largest absolute Gasteiger partial charge is 0.493 e. The Hall–Kier alpha value is -2.77. The van der Waals surface area contributed by atoms with E-state index >= 15 is 0 Å². The first-order valence-electron chi connectivity index (χ1n) is 8.72. The van der Waals surface area contributed by atoms with Crippen LogP contribution in [0.15, 0.2) is 42.0 Å². The molecule has 1 amide bonds. The Morgan fingerprint density at radius 1 is 1.27 bits per heavy atom. The highest BCUT2D eigenvalue weighted by molar-refractivity contribution is 14.1. The highest BCUT2D eigenvalue weighted by Gasteiger charge is 2.15. The Balaban J connectivity index is 2.24. The number of carbonyl (C=O) groups excluding carboxylic acids is 2. The quantitative estimate of drug-likeness (QED) is 0.230. The van der Waals surface area contributed by atoms with Gasteiger partial charge in [0, 0.05) is 10.7 Å². The van der Waals surface area contributed by atoms with Gasteiger partial charge in [-0.2, -0.15) is 5.26 Å². The van der Waals surface area contributed by atoms with Crippen LogP contribution in [-0.2, 0) is 14.3 Å². The molecule has 9 heteroatoms. The second-order valence-electron chi connectivity index (χ2n) is 5.76. The molecule has 1 N–H and O–H groups in total. The smallest absolute Gasteiger partial charge is 0.344 e. The molecule has 0 saturated heterocycles.